The standard InChI is InChI=1S/C11H20N2O3S/c1-3-9-8-13(5-6-17-9)11(15)12-7-10(14)16-4-2/h9H,3-8H2,1-2H3,(H,12,15). The molecule has 1 heterocycles. The minimum atomic E-state index is -0.390. The molecule has 1 atom stereocenters. The number of rotatable bonds is 4. The Labute approximate surface area is 106 Å². The third-order valence-electron chi connectivity index (χ3n) is 2.57. The van der Waals surface area contributed by atoms with Crippen molar-refractivity contribution in [1.82, 2.24) is 10.2 Å². The quantitative estimate of drug-likeness (QED) is 0.769. The van der Waals surface area contributed by atoms with Gasteiger partial charge in [-0.05, 0) is 13.3 Å². The lowest BCUT2D eigenvalue weighted by Gasteiger charge is -2.31. The van der Waals surface area contributed by atoms with Gasteiger partial charge in [0.2, 0.25) is 0 Å². The maximum atomic E-state index is 11.8. The fourth-order valence-corrected chi connectivity index (χ4v) is 2.80. The predicted molar refractivity (Wildman–Crippen MR) is 68.1 cm³/mol. The fourth-order valence-electron chi connectivity index (χ4n) is 1.62. The summed E-state index contributed by atoms with van der Waals surface area (Å²) in [6.45, 7) is 5.66. The topological polar surface area (TPSA) is 58.6 Å². The molecule has 1 unspecified atom stereocenters. The minimum Gasteiger partial charge on any atom is -0.465 e. The average Bonchev–Trinajstić information content (AvgIpc) is 2.36. The molecule has 0 aromatic heterocycles. The average molecular weight is 260 g/mol. The third kappa shape index (κ3) is 4.85. The van der Waals surface area contributed by atoms with E-state index in [0.717, 1.165) is 25.3 Å². The number of hydrogen-bond acceptors (Lipinski definition) is 4. The Morgan fingerprint density at radius 3 is 2.88 bits per heavy atom. The Morgan fingerprint density at radius 1 is 1.47 bits per heavy atom. The number of thioether (sulfide) groups is 1. The summed E-state index contributed by atoms with van der Waals surface area (Å²) in [5.74, 6) is 0.574. The molecule has 0 radical (unpaired) electrons. The largest absolute Gasteiger partial charge is 0.465 e. The summed E-state index contributed by atoms with van der Waals surface area (Å²) in [4.78, 5) is 24.6. The van der Waals surface area contributed by atoms with Crippen LogP contribution in [0, 0.1) is 0 Å². The van der Waals surface area contributed by atoms with E-state index < -0.39 is 0 Å². The van der Waals surface area contributed by atoms with Gasteiger partial charge in [0.15, 0.2) is 0 Å². The molecule has 17 heavy (non-hydrogen) atoms. The molecule has 0 aromatic rings. The lowest BCUT2D eigenvalue weighted by Crippen LogP contribution is -2.48. The first-order valence-electron chi connectivity index (χ1n) is 5.97. The third-order valence-corrected chi connectivity index (χ3v) is 3.94. The maximum Gasteiger partial charge on any atom is 0.325 e. The second kappa shape index (κ2) is 7.42. The number of amides is 2. The van der Waals surface area contributed by atoms with Gasteiger partial charge in [-0.15, -0.1) is 0 Å². The van der Waals surface area contributed by atoms with E-state index in [1.165, 1.54) is 0 Å². The summed E-state index contributed by atoms with van der Waals surface area (Å²) in [6.07, 6.45) is 1.06. The molecule has 0 saturated carbocycles. The van der Waals surface area contributed by atoms with Crippen LogP contribution in [0.25, 0.3) is 0 Å². The van der Waals surface area contributed by atoms with Crippen LogP contribution in [0.3, 0.4) is 0 Å². The Balaban J connectivity index is 2.29. The van der Waals surface area contributed by atoms with Crippen LogP contribution >= 0.6 is 11.8 Å². The Morgan fingerprint density at radius 2 is 2.24 bits per heavy atom. The molecule has 1 fully saturated rings. The highest BCUT2D eigenvalue weighted by Crippen LogP contribution is 2.20. The smallest absolute Gasteiger partial charge is 0.325 e. The van der Waals surface area contributed by atoms with E-state index in [1.807, 2.05) is 11.8 Å². The van der Waals surface area contributed by atoms with Gasteiger partial charge in [-0.2, -0.15) is 11.8 Å². The lowest BCUT2D eigenvalue weighted by atomic mass is 10.3. The zero-order valence-corrected chi connectivity index (χ0v) is 11.2. The van der Waals surface area contributed by atoms with Crippen LogP contribution in [0.5, 0.6) is 0 Å². The van der Waals surface area contributed by atoms with Crippen LogP contribution in [-0.4, -0.2) is 54.1 Å². The van der Waals surface area contributed by atoms with Gasteiger partial charge >= 0.3 is 12.0 Å². The Hall–Kier alpha value is -0.910. The Bertz CT molecular complexity index is 273. The predicted octanol–water partition coefficient (Wildman–Crippen LogP) is 1.09. The molecule has 0 aliphatic carbocycles. The van der Waals surface area contributed by atoms with Crippen molar-refractivity contribution < 1.29 is 14.3 Å². The Kier molecular flexibility index (Phi) is 6.18. The van der Waals surface area contributed by atoms with Gasteiger partial charge < -0.3 is 15.0 Å². The van der Waals surface area contributed by atoms with Gasteiger partial charge in [0.05, 0.1) is 6.61 Å². The molecule has 6 heteroatoms. The molecular weight excluding hydrogens is 240 g/mol. The van der Waals surface area contributed by atoms with Gasteiger partial charge in [0, 0.05) is 24.1 Å². The van der Waals surface area contributed by atoms with Crippen molar-refractivity contribution in [2.75, 3.05) is 32.0 Å². The summed E-state index contributed by atoms with van der Waals surface area (Å²) in [5, 5.41) is 3.10. The van der Waals surface area contributed by atoms with Crippen LogP contribution in [-0.2, 0) is 9.53 Å². The van der Waals surface area contributed by atoms with E-state index in [-0.39, 0.29) is 18.5 Å². The highest BCUT2D eigenvalue weighted by atomic mass is 32.2. The number of hydrogen-bond donors (Lipinski definition) is 1. The number of urea groups is 1. The number of ether oxygens (including phenoxy) is 1. The van der Waals surface area contributed by atoms with E-state index in [2.05, 4.69) is 12.2 Å². The highest BCUT2D eigenvalue weighted by Gasteiger charge is 2.23. The van der Waals surface area contributed by atoms with Gasteiger partial charge in [0.25, 0.3) is 0 Å². The summed E-state index contributed by atoms with van der Waals surface area (Å²) in [5.41, 5.74) is 0. The van der Waals surface area contributed by atoms with Crippen LogP contribution in [0.15, 0.2) is 0 Å². The van der Waals surface area contributed by atoms with Crippen molar-refractivity contribution in [1.29, 1.82) is 0 Å². The van der Waals surface area contributed by atoms with Gasteiger partial charge in [0.1, 0.15) is 6.54 Å². The first-order chi connectivity index (χ1) is 8.17. The molecule has 1 aliphatic heterocycles. The van der Waals surface area contributed by atoms with Gasteiger partial charge in [-0.1, -0.05) is 6.92 Å². The number of carbonyl (C=O) groups is 2. The van der Waals surface area contributed by atoms with Crippen molar-refractivity contribution in [3.05, 3.63) is 0 Å². The molecule has 5 nitrogen and oxygen atoms in total. The molecular formula is C11H20N2O3S. The van der Waals surface area contributed by atoms with Crippen molar-refractivity contribution in [3.63, 3.8) is 0 Å². The zero-order valence-electron chi connectivity index (χ0n) is 10.4. The van der Waals surface area contributed by atoms with E-state index in [4.69, 9.17) is 4.74 Å². The SMILES string of the molecule is CCOC(=O)CNC(=O)N1CCSC(CC)C1. The van der Waals surface area contributed by atoms with Crippen molar-refractivity contribution >= 4 is 23.8 Å². The minimum absolute atomic E-state index is 0.0485. The highest BCUT2D eigenvalue weighted by molar-refractivity contribution is 8.00. The molecule has 0 spiro atoms. The molecule has 1 aliphatic rings. The lowest BCUT2D eigenvalue weighted by molar-refractivity contribution is -0.141. The van der Waals surface area contributed by atoms with E-state index >= 15 is 0 Å². The number of nitrogens with zero attached hydrogens (tertiary/aromatic N) is 1. The van der Waals surface area contributed by atoms with E-state index in [9.17, 15) is 9.59 Å². The first kappa shape index (κ1) is 14.2. The van der Waals surface area contributed by atoms with Crippen molar-refractivity contribution in [2.24, 2.45) is 0 Å². The van der Waals surface area contributed by atoms with Gasteiger partial charge in [-0.3, -0.25) is 4.79 Å². The van der Waals surface area contributed by atoms with Gasteiger partial charge in [-0.25, -0.2) is 4.79 Å². The van der Waals surface area contributed by atoms with Crippen LogP contribution in [0.2, 0.25) is 0 Å². The second-order valence-corrected chi connectivity index (χ2v) is 5.22. The maximum absolute atomic E-state index is 11.8. The summed E-state index contributed by atoms with van der Waals surface area (Å²) >= 11 is 1.90. The van der Waals surface area contributed by atoms with Crippen molar-refractivity contribution in [3.8, 4) is 0 Å². The van der Waals surface area contributed by atoms with E-state index in [1.54, 1.807) is 11.8 Å². The molecule has 0 aromatic carbocycles. The van der Waals surface area contributed by atoms with Crippen LogP contribution in [0.1, 0.15) is 20.3 Å². The summed E-state index contributed by atoms with van der Waals surface area (Å²) < 4.78 is 4.75. The normalized spacial score (nSPS) is 19.9. The summed E-state index contributed by atoms with van der Waals surface area (Å²) in [6, 6.07) is -0.170. The van der Waals surface area contributed by atoms with Crippen LogP contribution in [0.4, 0.5) is 4.79 Å². The molecule has 0 bridgehead atoms. The molecule has 98 valence electrons. The second-order valence-electron chi connectivity index (χ2n) is 3.81. The fraction of sp³-hybridized carbons (Fsp3) is 0.818. The van der Waals surface area contributed by atoms with Crippen molar-refractivity contribution in [2.45, 2.75) is 25.5 Å². The number of carbonyl (C=O) groups excluding carboxylic acids is 2. The molecule has 2 amide bonds. The number of esters is 1. The zero-order chi connectivity index (χ0) is 12.7. The molecule has 1 rings (SSSR count). The monoisotopic (exact) mass is 260 g/mol. The van der Waals surface area contributed by atoms with Crippen LogP contribution < -0.4 is 5.32 Å². The molecule has 1 saturated heterocycles. The first-order valence-corrected chi connectivity index (χ1v) is 7.02. The summed E-state index contributed by atoms with van der Waals surface area (Å²) in [7, 11) is 0. The molecule has 1 N–H and O–H groups in total. The number of nitrogens with one attached hydrogen (secondary N) is 1. The van der Waals surface area contributed by atoms with E-state index in [0.29, 0.717) is 11.9 Å².